The van der Waals surface area contributed by atoms with E-state index in [1.54, 1.807) is 6.07 Å². The summed E-state index contributed by atoms with van der Waals surface area (Å²) in [5.41, 5.74) is 7.36. The molecule has 26 heavy (non-hydrogen) atoms. The predicted molar refractivity (Wildman–Crippen MR) is 95.8 cm³/mol. The number of nitriles is 1. The van der Waals surface area contributed by atoms with Crippen LogP contribution in [0.2, 0.25) is 0 Å². The van der Waals surface area contributed by atoms with Crippen LogP contribution >= 0.6 is 0 Å². The summed E-state index contributed by atoms with van der Waals surface area (Å²) in [4.78, 5) is 11.6. The SMILES string of the molecule is N#Cc1cc(N)ccc1C(O)C(O)CCNC(=O)OCc1ccccc1. The molecule has 2 unspecified atom stereocenters. The first-order valence-corrected chi connectivity index (χ1v) is 8.11. The average Bonchev–Trinajstić information content (AvgIpc) is 2.66. The molecule has 0 fully saturated rings. The van der Waals surface area contributed by atoms with Crippen molar-refractivity contribution in [1.82, 2.24) is 5.32 Å². The summed E-state index contributed by atoms with van der Waals surface area (Å²) in [6, 6.07) is 15.7. The number of benzene rings is 2. The van der Waals surface area contributed by atoms with Crippen LogP contribution in [0.4, 0.5) is 10.5 Å². The summed E-state index contributed by atoms with van der Waals surface area (Å²) in [5.74, 6) is 0. The van der Waals surface area contributed by atoms with Gasteiger partial charge in [-0.25, -0.2) is 4.79 Å². The molecule has 0 aliphatic heterocycles. The Morgan fingerprint density at radius 1 is 1.23 bits per heavy atom. The number of nitrogens with zero attached hydrogens (tertiary/aromatic N) is 1. The third-order valence-electron chi connectivity index (χ3n) is 3.80. The van der Waals surface area contributed by atoms with Crippen molar-refractivity contribution in [3.63, 3.8) is 0 Å². The molecule has 7 nitrogen and oxygen atoms in total. The molecule has 0 aliphatic rings. The maximum Gasteiger partial charge on any atom is 0.407 e. The number of ether oxygens (including phenoxy) is 1. The van der Waals surface area contributed by atoms with Gasteiger partial charge in [0.05, 0.1) is 17.7 Å². The first kappa shape index (κ1) is 19.2. The number of rotatable bonds is 7. The Balaban J connectivity index is 1.78. The van der Waals surface area contributed by atoms with Crippen molar-refractivity contribution >= 4 is 11.8 Å². The lowest BCUT2D eigenvalue weighted by atomic mass is 9.97. The molecule has 0 heterocycles. The monoisotopic (exact) mass is 355 g/mol. The van der Waals surface area contributed by atoms with Crippen molar-refractivity contribution in [2.24, 2.45) is 0 Å². The van der Waals surface area contributed by atoms with Crippen molar-refractivity contribution < 1.29 is 19.7 Å². The van der Waals surface area contributed by atoms with Gasteiger partial charge in [-0.15, -0.1) is 0 Å². The van der Waals surface area contributed by atoms with Gasteiger partial charge >= 0.3 is 6.09 Å². The van der Waals surface area contributed by atoms with E-state index < -0.39 is 18.3 Å². The Hall–Kier alpha value is -3.08. The van der Waals surface area contributed by atoms with E-state index in [4.69, 9.17) is 15.7 Å². The minimum absolute atomic E-state index is 0.0941. The Morgan fingerprint density at radius 2 is 1.96 bits per heavy atom. The number of anilines is 1. The predicted octanol–water partition coefficient (Wildman–Crippen LogP) is 1.85. The van der Waals surface area contributed by atoms with Crippen molar-refractivity contribution in [1.29, 1.82) is 5.26 Å². The lowest BCUT2D eigenvalue weighted by Gasteiger charge is -2.19. The number of aliphatic hydroxyl groups is 2. The Kier molecular flexibility index (Phi) is 6.97. The molecule has 0 aliphatic carbocycles. The Morgan fingerprint density at radius 3 is 2.65 bits per heavy atom. The lowest BCUT2D eigenvalue weighted by Crippen LogP contribution is -2.30. The van der Waals surface area contributed by atoms with Gasteiger partial charge in [0, 0.05) is 17.8 Å². The molecule has 0 spiro atoms. The van der Waals surface area contributed by atoms with Crippen molar-refractivity contribution in [2.45, 2.75) is 25.2 Å². The maximum absolute atomic E-state index is 11.6. The van der Waals surface area contributed by atoms with Crippen LogP contribution < -0.4 is 11.1 Å². The molecule has 0 radical (unpaired) electrons. The fraction of sp³-hybridized carbons (Fsp3) is 0.263. The second-order valence-electron chi connectivity index (χ2n) is 5.75. The Bertz CT molecular complexity index is 774. The first-order valence-electron chi connectivity index (χ1n) is 8.11. The van der Waals surface area contributed by atoms with Gasteiger partial charge in [-0.1, -0.05) is 36.4 Å². The van der Waals surface area contributed by atoms with Crippen molar-refractivity contribution in [2.75, 3.05) is 12.3 Å². The second-order valence-corrected chi connectivity index (χ2v) is 5.75. The standard InChI is InChI=1S/C19H21N3O4/c20-11-14-10-15(21)6-7-16(14)18(24)17(23)8-9-22-19(25)26-12-13-4-2-1-3-5-13/h1-7,10,17-18,23-24H,8-9,12,21H2,(H,22,25). The van der Waals surface area contributed by atoms with E-state index >= 15 is 0 Å². The van der Waals surface area contributed by atoms with Crippen molar-refractivity contribution in [3.05, 3.63) is 65.2 Å². The first-order chi connectivity index (χ1) is 12.5. The van der Waals surface area contributed by atoms with Crippen LogP contribution in [0.25, 0.3) is 0 Å². The molecule has 2 aromatic rings. The molecule has 0 aromatic heterocycles. The van der Waals surface area contributed by atoms with Crippen LogP contribution in [0.15, 0.2) is 48.5 Å². The Labute approximate surface area is 151 Å². The van der Waals surface area contributed by atoms with Gasteiger partial charge in [-0.05, 0) is 24.1 Å². The highest BCUT2D eigenvalue weighted by atomic mass is 16.5. The summed E-state index contributed by atoms with van der Waals surface area (Å²) in [6.07, 6.45) is -2.93. The topological polar surface area (TPSA) is 129 Å². The molecule has 136 valence electrons. The fourth-order valence-corrected chi connectivity index (χ4v) is 2.39. The molecule has 1 amide bonds. The average molecular weight is 355 g/mol. The fourth-order valence-electron chi connectivity index (χ4n) is 2.39. The van der Waals surface area contributed by atoms with Gasteiger partial charge in [-0.2, -0.15) is 5.26 Å². The van der Waals surface area contributed by atoms with Gasteiger partial charge in [0.15, 0.2) is 0 Å². The number of amides is 1. The number of hydrogen-bond donors (Lipinski definition) is 4. The highest BCUT2D eigenvalue weighted by Crippen LogP contribution is 2.24. The molecule has 2 rings (SSSR count). The molecule has 0 saturated carbocycles. The van der Waals surface area contributed by atoms with Gasteiger partial charge in [0.2, 0.25) is 0 Å². The number of nitrogen functional groups attached to an aromatic ring is 1. The van der Waals surface area contributed by atoms with Gasteiger partial charge in [0.1, 0.15) is 12.7 Å². The van der Waals surface area contributed by atoms with E-state index in [0.29, 0.717) is 11.3 Å². The number of nitrogens with two attached hydrogens (primary N) is 1. The van der Waals surface area contributed by atoms with E-state index in [1.165, 1.54) is 12.1 Å². The number of aliphatic hydroxyl groups excluding tert-OH is 2. The molecular formula is C19H21N3O4. The van der Waals surface area contributed by atoms with Crippen molar-refractivity contribution in [3.8, 4) is 6.07 Å². The zero-order chi connectivity index (χ0) is 18.9. The molecular weight excluding hydrogens is 334 g/mol. The van der Waals surface area contributed by atoms with Gasteiger partial charge < -0.3 is 26.0 Å². The summed E-state index contributed by atoms with van der Waals surface area (Å²) >= 11 is 0. The molecule has 2 aromatic carbocycles. The zero-order valence-corrected chi connectivity index (χ0v) is 14.1. The number of nitrogens with one attached hydrogen (secondary N) is 1. The highest BCUT2D eigenvalue weighted by Gasteiger charge is 2.21. The quantitative estimate of drug-likeness (QED) is 0.561. The lowest BCUT2D eigenvalue weighted by molar-refractivity contribution is 0.0135. The zero-order valence-electron chi connectivity index (χ0n) is 14.1. The normalized spacial score (nSPS) is 12.7. The summed E-state index contributed by atoms with van der Waals surface area (Å²) in [5, 5.41) is 31.9. The third-order valence-corrected chi connectivity index (χ3v) is 3.80. The number of hydrogen-bond acceptors (Lipinski definition) is 6. The van der Waals surface area contributed by atoms with E-state index in [9.17, 15) is 15.0 Å². The summed E-state index contributed by atoms with van der Waals surface area (Å²) in [6.45, 7) is 0.261. The highest BCUT2D eigenvalue weighted by molar-refractivity contribution is 5.67. The van der Waals surface area contributed by atoms with Crippen LogP contribution in [0.1, 0.15) is 29.2 Å². The van der Waals surface area contributed by atoms with Crippen LogP contribution in [-0.2, 0) is 11.3 Å². The van der Waals surface area contributed by atoms with Gasteiger partial charge in [0.25, 0.3) is 0 Å². The van der Waals surface area contributed by atoms with E-state index in [-0.39, 0.29) is 25.1 Å². The summed E-state index contributed by atoms with van der Waals surface area (Å²) in [7, 11) is 0. The number of alkyl carbamates (subject to hydrolysis) is 1. The van der Waals surface area contributed by atoms with Gasteiger partial charge in [-0.3, -0.25) is 0 Å². The van der Waals surface area contributed by atoms with E-state index in [2.05, 4.69) is 5.32 Å². The molecule has 7 heteroatoms. The molecule has 0 saturated heterocycles. The van der Waals surface area contributed by atoms with Crippen LogP contribution in [0, 0.1) is 11.3 Å². The number of carbonyl (C=O) groups is 1. The molecule has 5 N–H and O–H groups in total. The second kappa shape index (κ2) is 9.42. The van der Waals surface area contributed by atoms with Crippen LogP contribution in [0.3, 0.4) is 0 Å². The van der Waals surface area contributed by atoms with E-state index in [0.717, 1.165) is 5.56 Å². The van der Waals surface area contributed by atoms with Crippen LogP contribution in [0.5, 0.6) is 0 Å². The molecule has 2 atom stereocenters. The minimum Gasteiger partial charge on any atom is -0.445 e. The van der Waals surface area contributed by atoms with E-state index in [1.807, 2.05) is 36.4 Å². The maximum atomic E-state index is 11.6. The number of carbonyl (C=O) groups excluding carboxylic acids is 1. The molecule has 0 bridgehead atoms. The van der Waals surface area contributed by atoms with Crippen LogP contribution in [-0.4, -0.2) is 29.0 Å². The smallest absolute Gasteiger partial charge is 0.407 e. The minimum atomic E-state index is -1.26. The summed E-state index contributed by atoms with van der Waals surface area (Å²) < 4.78 is 5.05. The largest absolute Gasteiger partial charge is 0.445 e. The third kappa shape index (κ3) is 5.48.